The number of likely N-dealkylation sites (N-methyl/N-ethyl adjacent to an activating group) is 1. The Balaban J connectivity index is 2.53. The van der Waals surface area contributed by atoms with Gasteiger partial charge in [0.1, 0.15) is 13.1 Å². The monoisotopic (exact) mass is 207 g/mol. The van der Waals surface area contributed by atoms with Crippen LogP contribution in [0.1, 0.15) is 18.1 Å². The molecule has 0 aliphatic heterocycles. The van der Waals surface area contributed by atoms with Gasteiger partial charge >= 0.3 is 0 Å². The van der Waals surface area contributed by atoms with E-state index in [1.807, 2.05) is 7.05 Å². The Bertz CT molecular complexity index is 319. The minimum atomic E-state index is -1.00. The van der Waals surface area contributed by atoms with Crippen LogP contribution in [0.15, 0.2) is 24.3 Å². The quantitative estimate of drug-likeness (QED) is 0.674. The SMILES string of the molecule is CCc1ccc(C[NH+](C)CC(=O)[O-])cc1. The van der Waals surface area contributed by atoms with Gasteiger partial charge in [0.05, 0.1) is 13.0 Å². The summed E-state index contributed by atoms with van der Waals surface area (Å²) in [6, 6.07) is 8.28. The highest BCUT2D eigenvalue weighted by atomic mass is 16.4. The third-order valence-corrected chi connectivity index (χ3v) is 2.38. The molecule has 0 radical (unpaired) electrons. The van der Waals surface area contributed by atoms with E-state index in [2.05, 4.69) is 31.2 Å². The Hall–Kier alpha value is -1.35. The highest BCUT2D eigenvalue weighted by Crippen LogP contribution is 2.03. The fourth-order valence-electron chi connectivity index (χ4n) is 1.55. The molecule has 0 saturated carbocycles. The van der Waals surface area contributed by atoms with Gasteiger partial charge < -0.3 is 14.8 Å². The number of hydrogen-bond donors (Lipinski definition) is 1. The molecule has 15 heavy (non-hydrogen) atoms. The molecule has 0 fully saturated rings. The first-order valence-corrected chi connectivity index (χ1v) is 5.20. The molecule has 1 aromatic rings. The second-order valence-electron chi connectivity index (χ2n) is 3.85. The maximum Gasteiger partial charge on any atom is 0.117 e. The van der Waals surface area contributed by atoms with Gasteiger partial charge in [0.25, 0.3) is 0 Å². The second kappa shape index (κ2) is 5.51. The lowest BCUT2D eigenvalue weighted by Crippen LogP contribution is -3.09. The van der Waals surface area contributed by atoms with Gasteiger partial charge in [-0.2, -0.15) is 0 Å². The van der Waals surface area contributed by atoms with Crippen LogP contribution >= 0.6 is 0 Å². The van der Waals surface area contributed by atoms with E-state index < -0.39 is 5.97 Å². The van der Waals surface area contributed by atoms with Crippen molar-refractivity contribution in [1.29, 1.82) is 0 Å². The molecule has 1 aromatic carbocycles. The van der Waals surface area contributed by atoms with Crippen molar-refractivity contribution in [1.82, 2.24) is 0 Å². The molecule has 1 unspecified atom stereocenters. The molecule has 0 spiro atoms. The molecule has 1 rings (SSSR count). The van der Waals surface area contributed by atoms with Gasteiger partial charge in [-0.15, -0.1) is 0 Å². The Morgan fingerprint density at radius 3 is 2.27 bits per heavy atom. The zero-order valence-corrected chi connectivity index (χ0v) is 9.25. The summed E-state index contributed by atoms with van der Waals surface area (Å²) in [5.41, 5.74) is 2.46. The Morgan fingerprint density at radius 1 is 1.27 bits per heavy atom. The molecule has 82 valence electrons. The van der Waals surface area contributed by atoms with E-state index in [0.717, 1.165) is 23.4 Å². The molecule has 0 aromatic heterocycles. The lowest BCUT2D eigenvalue weighted by molar-refractivity contribution is -0.887. The van der Waals surface area contributed by atoms with Crippen molar-refractivity contribution in [3.05, 3.63) is 35.4 Å². The van der Waals surface area contributed by atoms with Crippen LogP contribution in [0, 0.1) is 0 Å². The zero-order chi connectivity index (χ0) is 11.3. The molecule has 0 amide bonds. The lowest BCUT2D eigenvalue weighted by Gasteiger charge is -2.14. The van der Waals surface area contributed by atoms with E-state index in [-0.39, 0.29) is 6.54 Å². The lowest BCUT2D eigenvalue weighted by atomic mass is 10.1. The number of carboxylic acid groups (broad SMARTS) is 1. The molecule has 0 bridgehead atoms. The van der Waals surface area contributed by atoms with E-state index in [1.165, 1.54) is 5.56 Å². The van der Waals surface area contributed by atoms with Gasteiger partial charge in [-0.3, -0.25) is 0 Å². The zero-order valence-electron chi connectivity index (χ0n) is 9.25. The Kier molecular flexibility index (Phi) is 4.31. The number of nitrogens with one attached hydrogen (secondary N) is 1. The molecule has 3 nitrogen and oxygen atoms in total. The summed E-state index contributed by atoms with van der Waals surface area (Å²) in [6.45, 7) is 2.88. The number of hydrogen-bond acceptors (Lipinski definition) is 2. The summed E-state index contributed by atoms with van der Waals surface area (Å²) < 4.78 is 0. The largest absolute Gasteiger partial charge is 0.544 e. The van der Waals surface area contributed by atoms with Gasteiger partial charge in [-0.05, 0) is 12.0 Å². The topological polar surface area (TPSA) is 44.6 Å². The summed E-state index contributed by atoms with van der Waals surface area (Å²) >= 11 is 0. The number of quaternary nitrogens is 1. The van der Waals surface area contributed by atoms with Crippen LogP contribution in [0.2, 0.25) is 0 Å². The maximum absolute atomic E-state index is 10.4. The summed E-state index contributed by atoms with van der Waals surface area (Å²) in [7, 11) is 1.85. The number of carboxylic acids is 1. The van der Waals surface area contributed by atoms with Gasteiger partial charge in [0.2, 0.25) is 0 Å². The smallest absolute Gasteiger partial charge is 0.117 e. The second-order valence-corrected chi connectivity index (χ2v) is 3.85. The van der Waals surface area contributed by atoms with E-state index >= 15 is 0 Å². The Morgan fingerprint density at radius 2 is 1.80 bits per heavy atom. The van der Waals surface area contributed by atoms with Crippen LogP contribution in [-0.4, -0.2) is 19.6 Å². The third-order valence-electron chi connectivity index (χ3n) is 2.38. The summed E-state index contributed by atoms with van der Waals surface area (Å²) in [5, 5.41) is 10.4. The fraction of sp³-hybridized carbons (Fsp3) is 0.417. The van der Waals surface area contributed by atoms with Gasteiger partial charge in [-0.1, -0.05) is 31.2 Å². The fourth-order valence-corrected chi connectivity index (χ4v) is 1.55. The molecule has 0 heterocycles. The number of aliphatic carboxylic acids is 1. The van der Waals surface area contributed by atoms with Crippen LogP contribution < -0.4 is 10.0 Å². The van der Waals surface area contributed by atoms with Crippen LogP contribution in [-0.2, 0) is 17.8 Å². The standard InChI is InChI=1S/C12H17NO2/c1-3-10-4-6-11(7-5-10)8-13(2)9-12(14)15/h4-7H,3,8-9H2,1-2H3,(H,14,15). The van der Waals surface area contributed by atoms with Gasteiger partial charge in [-0.25, -0.2) is 0 Å². The van der Waals surface area contributed by atoms with Crippen molar-refractivity contribution in [2.24, 2.45) is 0 Å². The summed E-state index contributed by atoms with van der Waals surface area (Å²) in [6.07, 6.45) is 1.03. The molecule has 0 saturated heterocycles. The molecule has 1 atom stereocenters. The van der Waals surface area contributed by atoms with Gasteiger partial charge in [0.15, 0.2) is 0 Å². The summed E-state index contributed by atoms with van der Waals surface area (Å²) in [5.74, 6) is -1.00. The van der Waals surface area contributed by atoms with Crippen molar-refractivity contribution in [2.45, 2.75) is 19.9 Å². The van der Waals surface area contributed by atoms with Crippen molar-refractivity contribution < 1.29 is 14.8 Å². The molecule has 3 heteroatoms. The summed E-state index contributed by atoms with van der Waals surface area (Å²) in [4.78, 5) is 11.3. The van der Waals surface area contributed by atoms with Crippen LogP contribution in [0.5, 0.6) is 0 Å². The van der Waals surface area contributed by atoms with Crippen molar-refractivity contribution in [2.75, 3.05) is 13.6 Å². The number of aryl methyl sites for hydroxylation is 1. The molecular weight excluding hydrogens is 190 g/mol. The van der Waals surface area contributed by atoms with Crippen LogP contribution in [0.25, 0.3) is 0 Å². The highest BCUT2D eigenvalue weighted by Gasteiger charge is 2.03. The van der Waals surface area contributed by atoms with Crippen molar-refractivity contribution in [3.8, 4) is 0 Å². The number of carbonyl (C=O) groups excluding carboxylic acids is 1. The average molecular weight is 207 g/mol. The van der Waals surface area contributed by atoms with Gasteiger partial charge in [0, 0.05) is 5.56 Å². The van der Waals surface area contributed by atoms with E-state index in [9.17, 15) is 9.90 Å². The van der Waals surface area contributed by atoms with E-state index in [0.29, 0.717) is 0 Å². The predicted molar refractivity (Wildman–Crippen MR) is 56.3 cm³/mol. The van der Waals surface area contributed by atoms with Crippen molar-refractivity contribution in [3.63, 3.8) is 0 Å². The molecular formula is C12H17NO2. The van der Waals surface area contributed by atoms with E-state index in [1.54, 1.807) is 0 Å². The predicted octanol–water partition coefficient (Wildman–Crippen LogP) is -0.986. The first kappa shape index (κ1) is 11.7. The van der Waals surface area contributed by atoms with Crippen LogP contribution in [0.3, 0.4) is 0 Å². The van der Waals surface area contributed by atoms with E-state index in [4.69, 9.17) is 0 Å². The number of rotatable bonds is 5. The third kappa shape index (κ3) is 4.13. The van der Waals surface area contributed by atoms with Crippen molar-refractivity contribution >= 4 is 5.97 Å². The highest BCUT2D eigenvalue weighted by molar-refractivity contribution is 5.65. The Labute approximate surface area is 90.3 Å². The molecule has 1 N–H and O–H groups in total. The first-order chi connectivity index (χ1) is 7.11. The normalized spacial score (nSPS) is 12.4. The molecule has 0 aliphatic carbocycles. The minimum Gasteiger partial charge on any atom is -0.544 e. The number of carbonyl (C=O) groups is 1. The minimum absolute atomic E-state index is 0.0511. The maximum atomic E-state index is 10.4. The van der Waals surface area contributed by atoms with Crippen LogP contribution in [0.4, 0.5) is 0 Å². The average Bonchev–Trinajstić information content (AvgIpc) is 2.17. The molecule has 0 aliphatic rings. The number of benzene rings is 1. The first-order valence-electron chi connectivity index (χ1n) is 5.20.